The molecule has 11 heteroatoms. The first kappa shape index (κ1) is 21.1. The lowest BCUT2D eigenvalue weighted by Crippen LogP contribution is -2.31. The maximum atomic E-state index is 12.5. The summed E-state index contributed by atoms with van der Waals surface area (Å²) in [5.41, 5.74) is 7.50. The molecule has 0 saturated heterocycles. The van der Waals surface area contributed by atoms with Gasteiger partial charge in [0, 0.05) is 12.8 Å². The van der Waals surface area contributed by atoms with Gasteiger partial charge in [0.05, 0.1) is 30.3 Å². The first-order valence-corrected chi connectivity index (χ1v) is 9.18. The van der Waals surface area contributed by atoms with E-state index in [9.17, 15) is 9.90 Å². The molecule has 0 atom stereocenters. The number of aryl methyl sites for hydroxylation is 2. The average Bonchev–Trinajstić information content (AvgIpc) is 3.14. The van der Waals surface area contributed by atoms with Crippen molar-refractivity contribution in [3.8, 4) is 11.4 Å². The number of aliphatic hydroxyl groups is 1. The number of nitrogens with zero attached hydrogens (tertiary/aromatic N) is 5. The second kappa shape index (κ2) is 9.76. The summed E-state index contributed by atoms with van der Waals surface area (Å²) in [6, 6.07) is 8.81. The Kier molecular flexibility index (Phi) is 6.88. The van der Waals surface area contributed by atoms with E-state index >= 15 is 0 Å². The van der Waals surface area contributed by atoms with E-state index in [0.29, 0.717) is 41.7 Å². The highest BCUT2D eigenvalue weighted by molar-refractivity contribution is 5.93. The maximum Gasteiger partial charge on any atom is 0.292 e. The van der Waals surface area contributed by atoms with Gasteiger partial charge in [-0.05, 0) is 44.2 Å². The minimum atomic E-state index is -0.492. The van der Waals surface area contributed by atoms with Gasteiger partial charge in [-0.2, -0.15) is 9.90 Å². The number of methoxy groups -OCH3 is 1. The number of ether oxygens (including phenoxy) is 2. The molecule has 1 amide bonds. The molecule has 0 fully saturated rings. The van der Waals surface area contributed by atoms with Crippen LogP contribution in [-0.2, 0) is 11.3 Å². The third-order valence-electron chi connectivity index (χ3n) is 3.98. The Bertz CT molecular complexity index is 1000. The van der Waals surface area contributed by atoms with E-state index in [-0.39, 0.29) is 18.2 Å². The minimum Gasteiger partial charge on any atom is -0.491 e. The number of aromatic nitrogens is 5. The third-order valence-corrected chi connectivity index (χ3v) is 3.98. The number of amides is 1. The highest BCUT2D eigenvalue weighted by Crippen LogP contribution is 2.15. The van der Waals surface area contributed by atoms with Crippen molar-refractivity contribution >= 4 is 11.9 Å². The summed E-state index contributed by atoms with van der Waals surface area (Å²) in [7, 11) is 1.61. The number of carbonyl (C=O) groups excluding carboxylic acids is 1. The maximum absolute atomic E-state index is 12.5. The molecule has 0 radical (unpaired) electrons. The summed E-state index contributed by atoms with van der Waals surface area (Å²) in [4.78, 5) is 22.1. The lowest BCUT2D eigenvalue weighted by Gasteiger charge is -2.07. The number of hydrazine groups is 1. The number of carbonyl (C=O) groups is 1. The monoisotopic (exact) mass is 413 g/mol. The number of hydrogen-bond acceptors (Lipinski definition) is 9. The Morgan fingerprint density at radius 2 is 1.90 bits per heavy atom. The van der Waals surface area contributed by atoms with Crippen molar-refractivity contribution in [3.63, 3.8) is 0 Å². The second-order valence-corrected chi connectivity index (χ2v) is 6.32. The van der Waals surface area contributed by atoms with Crippen LogP contribution in [0.2, 0.25) is 0 Å². The number of nitrogens with one attached hydrogen (secondary N) is 2. The molecule has 30 heavy (non-hydrogen) atoms. The van der Waals surface area contributed by atoms with Gasteiger partial charge in [-0.15, -0.1) is 5.10 Å². The van der Waals surface area contributed by atoms with Gasteiger partial charge in [0.25, 0.3) is 5.91 Å². The molecule has 0 aliphatic carbocycles. The molecule has 3 rings (SSSR count). The van der Waals surface area contributed by atoms with Crippen LogP contribution in [0.4, 0.5) is 5.95 Å². The Morgan fingerprint density at radius 1 is 1.13 bits per heavy atom. The zero-order valence-corrected chi connectivity index (χ0v) is 16.9. The van der Waals surface area contributed by atoms with E-state index in [0.717, 1.165) is 0 Å². The van der Waals surface area contributed by atoms with E-state index in [2.05, 4.69) is 31.0 Å². The molecule has 3 N–H and O–H groups in total. The Hall–Kier alpha value is -3.57. The SMILES string of the molecule is COCCOc1ccc(-n2nc(C)c(C(=O)NNc3nc(C)cc(CO)n3)n2)cc1. The van der Waals surface area contributed by atoms with E-state index in [1.165, 1.54) is 4.80 Å². The molecule has 0 spiro atoms. The Balaban J connectivity index is 1.66. The molecule has 2 heterocycles. The number of anilines is 1. The molecule has 3 aromatic rings. The van der Waals surface area contributed by atoms with Crippen LogP contribution in [0.5, 0.6) is 5.75 Å². The van der Waals surface area contributed by atoms with E-state index in [4.69, 9.17) is 9.47 Å². The van der Waals surface area contributed by atoms with Crippen LogP contribution >= 0.6 is 0 Å². The summed E-state index contributed by atoms with van der Waals surface area (Å²) in [5.74, 6) is 0.373. The van der Waals surface area contributed by atoms with Crippen LogP contribution in [-0.4, -0.2) is 56.3 Å². The van der Waals surface area contributed by atoms with Gasteiger partial charge >= 0.3 is 0 Å². The predicted octanol–water partition coefficient (Wildman–Crippen LogP) is 0.949. The third kappa shape index (κ3) is 5.27. The van der Waals surface area contributed by atoms with E-state index in [1.54, 1.807) is 51.3 Å². The molecule has 0 aliphatic rings. The fourth-order valence-electron chi connectivity index (χ4n) is 2.57. The van der Waals surface area contributed by atoms with Gasteiger partial charge < -0.3 is 14.6 Å². The van der Waals surface area contributed by atoms with Gasteiger partial charge in [0.2, 0.25) is 5.95 Å². The van der Waals surface area contributed by atoms with E-state index in [1.807, 2.05) is 0 Å². The van der Waals surface area contributed by atoms with Gasteiger partial charge in [-0.25, -0.2) is 9.97 Å². The van der Waals surface area contributed by atoms with Crippen LogP contribution in [0, 0.1) is 13.8 Å². The fraction of sp³-hybridized carbons (Fsp3) is 0.316. The van der Waals surface area contributed by atoms with Crippen LogP contribution < -0.4 is 15.6 Å². The molecular formula is C19H23N7O4. The summed E-state index contributed by atoms with van der Waals surface area (Å²) in [6.07, 6.45) is 0. The van der Waals surface area contributed by atoms with Crippen LogP contribution in [0.25, 0.3) is 5.69 Å². The molecule has 2 aromatic heterocycles. The number of hydrogen-bond donors (Lipinski definition) is 3. The standard InChI is InChI=1S/C19H23N7O4/c1-12-10-14(11-27)21-19(20-12)23-22-18(28)17-13(2)24-26(25-17)15-4-6-16(7-5-15)30-9-8-29-3/h4-7,10,27H,8-9,11H2,1-3H3,(H,22,28)(H,20,21,23). The van der Waals surface area contributed by atoms with Gasteiger partial charge in [-0.1, -0.05) is 0 Å². The van der Waals surface area contributed by atoms with Crippen LogP contribution in [0.3, 0.4) is 0 Å². The minimum absolute atomic E-state index is 0.151. The quantitative estimate of drug-likeness (QED) is 0.346. The first-order valence-electron chi connectivity index (χ1n) is 9.18. The van der Waals surface area contributed by atoms with Gasteiger partial charge in [0.1, 0.15) is 12.4 Å². The highest BCUT2D eigenvalue weighted by atomic mass is 16.5. The molecular weight excluding hydrogens is 390 g/mol. The van der Waals surface area contributed by atoms with Crippen LogP contribution in [0.15, 0.2) is 30.3 Å². The van der Waals surface area contributed by atoms with Crippen LogP contribution in [0.1, 0.15) is 27.6 Å². The Morgan fingerprint density at radius 3 is 2.60 bits per heavy atom. The van der Waals surface area contributed by atoms with Gasteiger partial charge in [-0.3, -0.25) is 15.6 Å². The van der Waals surface area contributed by atoms with Crippen molar-refractivity contribution in [2.45, 2.75) is 20.5 Å². The summed E-state index contributed by atoms with van der Waals surface area (Å²) in [5, 5.41) is 17.8. The van der Waals surface area contributed by atoms with Gasteiger partial charge in [0.15, 0.2) is 5.69 Å². The van der Waals surface area contributed by atoms with Crippen molar-refractivity contribution in [1.82, 2.24) is 30.4 Å². The van der Waals surface area contributed by atoms with Crippen molar-refractivity contribution in [2.75, 3.05) is 25.7 Å². The topological polar surface area (TPSA) is 136 Å². The fourth-order valence-corrected chi connectivity index (χ4v) is 2.57. The molecule has 0 saturated carbocycles. The largest absolute Gasteiger partial charge is 0.491 e. The highest BCUT2D eigenvalue weighted by Gasteiger charge is 2.17. The predicted molar refractivity (Wildman–Crippen MR) is 107 cm³/mol. The molecule has 0 aliphatic heterocycles. The molecule has 0 unspecified atom stereocenters. The van der Waals surface area contributed by atoms with Crippen molar-refractivity contribution in [1.29, 1.82) is 0 Å². The summed E-state index contributed by atoms with van der Waals surface area (Å²) >= 11 is 0. The molecule has 158 valence electrons. The zero-order valence-electron chi connectivity index (χ0n) is 16.9. The molecule has 0 bridgehead atoms. The molecule has 11 nitrogen and oxygen atoms in total. The smallest absolute Gasteiger partial charge is 0.292 e. The number of aliphatic hydroxyl groups excluding tert-OH is 1. The van der Waals surface area contributed by atoms with Crippen molar-refractivity contribution in [2.24, 2.45) is 0 Å². The summed E-state index contributed by atoms with van der Waals surface area (Å²) < 4.78 is 10.5. The average molecular weight is 413 g/mol. The first-order chi connectivity index (χ1) is 14.5. The van der Waals surface area contributed by atoms with Crippen molar-refractivity contribution in [3.05, 3.63) is 53.1 Å². The number of benzene rings is 1. The van der Waals surface area contributed by atoms with Crippen molar-refractivity contribution < 1.29 is 19.4 Å². The number of rotatable bonds is 9. The lowest BCUT2D eigenvalue weighted by atomic mass is 10.3. The zero-order chi connectivity index (χ0) is 21.5. The second-order valence-electron chi connectivity index (χ2n) is 6.32. The van der Waals surface area contributed by atoms with E-state index < -0.39 is 5.91 Å². The summed E-state index contributed by atoms with van der Waals surface area (Å²) in [6.45, 7) is 4.18. The molecule has 1 aromatic carbocycles. The normalized spacial score (nSPS) is 10.7. The lowest BCUT2D eigenvalue weighted by molar-refractivity contribution is 0.0956. The Labute approximate surface area is 173 Å².